The van der Waals surface area contributed by atoms with E-state index in [-0.39, 0.29) is 69.0 Å². The summed E-state index contributed by atoms with van der Waals surface area (Å²) in [5.74, 6) is -13.0. The maximum Gasteiger partial charge on any atom is 0.326 e. The van der Waals surface area contributed by atoms with Crippen molar-refractivity contribution in [1.82, 2.24) is 52.8 Å². The van der Waals surface area contributed by atoms with Crippen molar-refractivity contribution >= 4 is 83.6 Å². The zero-order valence-corrected chi connectivity index (χ0v) is 49.7. The van der Waals surface area contributed by atoms with E-state index in [1.807, 2.05) is 5.32 Å². The number of phenolic OH excluding ortho intramolecular Hbond substituents is 1. The Morgan fingerprint density at radius 1 is 0.640 bits per heavy atom. The molecule has 10 amide bonds. The smallest absolute Gasteiger partial charge is 0.326 e. The van der Waals surface area contributed by atoms with Gasteiger partial charge in [-0.05, 0) is 87.1 Å². The van der Waals surface area contributed by atoms with Gasteiger partial charge in [-0.3, -0.25) is 52.7 Å². The lowest BCUT2D eigenvalue weighted by Gasteiger charge is -2.31. The number of carboxylic acids is 2. The third-order valence-corrected chi connectivity index (χ3v) is 14.2. The van der Waals surface area contributed by atoms with Crippen molar-refractivity contribution in [2.24, 2.45) is 23.3 Å². The molecule has 0 bridgehead atoms. The number of phenols is 1. The fraction of sp³-hybridized carbons (Fsp3) is 0.571. The van der Waals surface area contributed by atoms with Gasteiger partial charge in [-0.15, -0.1) is 0 Å². The van der Waals surface area contributed by atoms with E-state index in [1.54, 1.807) is 58.0 Å². The fourth-order valence-corrected chi connectivity index (χ4v) is 9.27. The number of hydrogen-bond acceptors (Lipinski definition) is 18. The van der Waals surface area contributed by atoms with Crippen LogP contribution in [0.15, 0.2) is 54.6 Å². The molecule has 1 aliphatic heterocycles. The first kappa shape index (κ1) is 72.3. The summed E-state index contributed by atoms with van der Waals surface area (Å²) >= 11 is 4.16. The van der Waals surface area contributed by atoms with Crippen molar-refractivity contribution < 1.29 is 83.1 Å². The predicted octanol–water partition coefficient (Wildman–Crippen LogP) is -3.82. The number of benzene rings is 2. The van der Waals surface area contributed by atoms with Crippen LogP contribution in [0.1, 0.15) is 90.7 Å². The van der Waals surface area contributed by atoms with Crippen molar-refractivity contribution in [3.05, 3.63) is 65.7 Å². The van der Waals surface area contributed by atoms with Gasteiger partial charge in [0.1, 0.15) is 66.2 Å². The van der Waals surface area contributed by atoms with Crippen molar-refractivity contribution in [3.8, 4) is 5.75 Å². The maximum atomic E-state index is 14.6. The summed E-state index contributed by atoms with van der Waals surface area (Å²) in [6.45, 7) is 6.60. The van der Waals surface area contributed by atoms with E-state index in [2.05, 4.69) is 55.2 Å². The number of carbonyl (C=O) groups is 12. The van der Waals surface area contributed by atoms with Gasteiger partial charge in [-0.25, -0.2) is 4.79 Å². The first-order valence-electron chi connectivity index (χ1n) is 28.2. The van der Waals surface area contributed by atoms with Crippen LogP contribution in [0, 0.1) is 11.8 Å². The number of nitrogens with two attached hydrogens (primary N) is 2. The van der Waals surface area contributed by atoms with E-state index < -0.39 is 163 Å². The molecule has 0 spiro atoms. The number of carbonyl (C=O) groups excluding carboxylic acids is 10. The Hall–Kier alpha value is -7.93. The molecule has 1 saturated heterocycles. The number of aliphatic hydroxyl groups excluding tert-OH is 2. The van der Waals surface area contributed by atoms with Gasteiger partial charge in [0.15, 0.2) is 0 Å². The van der Waals surface area contributed by atoms with Crippen LogP contribution in [-0.2, 0) is 70.4 Å². The van der Waals surface area contributed by atoms with Gasteiger partial charge in [0.2, 0.25) is 59.1 Å². The topological polar surface area (TPSA) is 470 Å². The molecule has 1 fully saturated rings. The largest absolute Gasteiger partial charge is 0.508 e. The lowest BCUT2D eigenvalue weighted by atomic mass is 9.99. The molecule has 476 valence electrons. The third kappa shape index (κ3) is 23.8. The van der Waals surface area contributed by atoms with Gasteiger partial charge in [0, 0.05) is 25.1 Å². The average molecular weight is 1230 g/mol. The fourth-order valence-electron chi connectivity index (χ4n) is 9.02. The zero-order chi connectivity index (χ0) is 64.4. The lowest BCUT2D eigenvalue weighted by Crippen LogP contribution is -2.61. The lowest BCUT2D eigenvalue weighted by molar-refractivity contribution is -0.147. The quantitative estimate of drug-likeness (QED) is 0.0230. The molecule has 0 aromatic heterocycles. The summed E-state index contributed by atoms with van der Waals surface area (Å²) in [7, 11) is 0. The number of carboxylic acid groups (broad SMARTS) is 2. The Morgan fingerprint density at radius 3 is 1.77 bits per heavy atom. The van der Waals surface area contributed by atoms with Gasteiger partial charge in [0.25, 0.3) is 0 Å². The van der Waals surface area contributed by atoms with E-state index in [0.717, 1.165) is 4.90 Å². The first-order valence-corrected chi connectivity index (χ1v) is 28.9. The van der Waals surface area contributed by atoms with E-state index in [4.69, 9.17) is 16.6 Å². The Labute approximate surface area is 503 Å². The molecule has 86 heavy (non-hydrogen) atoms. The van der Waals surface area contributed by atoms with Crippen molar-refractivity contribution in [3.63, 3.8) is 0 Å². The number of amides is 10. The number of nitrogens with zero attached hydrogens (tertiary/aromatic N) is 1. The van der Waals surface area contributed by atoms with Crippen LogP contribution in [0.4, 0.5) is 0 Å². The highest BCUT2D eigenvalue weighted by atomic mass is 32.1. The van der Waals surface area contributed by atoms with E-state index >= 15 is 0 Å². The molecule has 2 aromatic carbocycles. The highest BCUT2D eigenvalue weighted by Gasteiger charge is 2.41. The maximum absolute atomic E-state index is 14.6. The number of nitrogens with one attached hydrogen (secondary N) is 9. The molecule has 18 N–H and O–H groups in total. The SMILES string of the molecule is CC(C)C[C@H](NC(=O)[C@H](CS)NC(=O)[C@@H](N)[C@@H](C)O)C(=O)N[C@H](C(=O)N[C@@H](CCCCN)C(=O)NCC(=O)N[C@@H](Cc1ccccc1)C(=O)N[C@@H](Cc1ccc(O)cc1)C(=O)N1CCC[C@H]1C(=O)N[C@@H](CO)C(=O)N[C@@H](CC(=O)O)C(=O)O)C(C)C. The minimum Gasteiger partial charge on any atom is -0.508 e. The van der Waals surface area contributed by atoms with Crippen LogP contribution in [0.3, 0.4) is 0 Å². The summed E-state index contributed by atoms with van der Waals surface area (Å²) in [4.78, 5) is 162. The Balaban J connectivity index is 1.85. The molecule has 0 aliphatic carbocycles. The third-order valence-electron chi connectivity index (χ3n) is 13.8. The number of aliphatic hydroxyl groups is 2. The number of unbranched alkanes of at least 4 members (excludes halogenated alkanes) is 1. The Morgan fingerprint density at radius 2 is 1.20 bits per heavy atom. The molecule has 11 atom stereocenters. The highest BCUT2D eigenvalue weighted by Crippen LogP contribution is 2.21. The van der Waals surface area contributed by atoms with Crippen molar-refractivity contribution in [2.75, 3.05) is 32.0 Å². The van der Waals surface area contributed by atoms with Crippen LogP contribution in [0.2, 0.25) is 0 Å². The molecule has 0 radical (unpaired) electrons. The normalized spacial score (nSPS) is 16.5. The molecular weight excluding hydrogens is 1140 g/mol. The summed E-state index contributed by atoms with van der Waals surface area (Å²) in [6.07, 6.45) is -1.39. The average Bonchev–Trinajstić information content (AvgIpc) is 2.80. The summed E-state index contributed by atoms with van der Waals surface area (Å²) in [6, 6.07) is -0.112. The van der Waals surface area contributed by atoms with Gasteiger partial charge >= 0.3 is 11.9 Å². The molecule has 1 aliphatic rings. The number of rotatable bonds is 36. The second-order valence-electron chi connectivity index (χ2n) is 21.7. The monoisotopic (exact) mass is 1230 g/mol. The van der Waals surface area contributed by atoms with Gasteiger partial charge < -0.3 is 89.8 Å². The Bertz CT molecular complexity index is 2650. The molecule has 0 unspecified atom stereocenters. The summed E-state index contributed by atoms with van der Waals surface area (Å²) in [5.41, 5.74) is 12.5. The second-order valence-corrected chi connectivity index (χ2v) is 22.0. The number of aliphatic carboxylic acids is 2. The molecular formula is C56H84N12O17S. The van der Waals surface area contributed by atoms with Crippen LogP contribution < -0.4 is 59.3 Å². The zero-order valence-electron chi connectivity index (χ0n) is 48.8. The van der Waals surface area contributed by atoms with E-state index in [1.165, 1.54) is 31.2 Å². The minimum absolute atomic E-state index is 0.0264. The van der Waals surface area contributed by atoms with Crippen molar-refractivity contribution in [2.45, 2.75) is 159 Å². The molecule has 1 heterocycles. The first-order chi connectivity index (χ1) is 40.6. The number of aromatic hydroxyl groups is 1. The Kier molecular flexibility index (Phi) is 30.4. The second kappa shape index (κ2) is 36.2. The van der Waals surface area contributed by atoms with Gasteiger partial charge in [0.05, 0.1) is 25.7 Å². The van der Waals surface area contributed by atoms with Gasteiger partial charge in [-0.2, -0.15) is 12.6 Å². The van der Waals surface area contributed by atoms with E-state index in [0.29, 0.717) is 24.0 Å². The predicted molar refractivity (Wildman–Crippen MR) is 313 cm³/mol. The standard InChI is InChI=1S/C56H84N12O17S/c1-29(2)22-36(62-51(79)41(28-86)66-53(81)45(58)31(5)70)49(77)67-46(30(3)4)54(82)61-35(14-9-10-20-57)47(75)59-26-43(72)60-37(23-32-12-7-6-8-13-32)48(76)63-38(24-33-16-18-34(71)19-17-33)55(83)68-21-11-15-42(68)52(80)65-40(27-69)50(78)64-39(56(84)85)25-44(73)74/h6-8,12-13,16-19,29-31,35-42,45-46,69-71,86H,9-11,14-15,20-28,57-58H2,1-5H3,(H,59,75)(H,60,72)(H,61,82)(H,62,79)(H,63,76)(H,64,78)(H,65,80)(H,66,81)(H,67,77)(H,73,74)(H,84,85)/t31-,35+,36+,37+,38+,39+,40+,41+,42+,45+,46+/m1/s1. The molecule has 30 heteroatoms. The minimum atomic E-state index is -1.90. The summed E-state index contributed by atoms with van der Waals surface area (Å²) in [5, 5.41) is 70.7. The molecule has 2 aromatic rings. The molecule has 29 nitrogen and oxygen atoms in total. The number of hydrogen-bond donors (Lipinski definition) is 17. The number of thiol groups is 1. The molecule has 3 rings (SSSR count). The highest BCUT2D eigenvalue weighted by molar-refractivity contribution is 7.80. The summed E-state index contributed by atoms with van der Waals surface area (Å²) < 4.78 is 0. The van der Waals surface area contributed by atoms with Crippen LogP contribution in [0.25, 0.3) is 0 Å². The van der Waals surface area contributed by atoms with Crippen LogP contribution in [-0.4, -0.2) is 200 Å². The van der Waals surface area contributed by atoms with Crippen LogP contribution >= 0.6 is 12.6 Å². The van der Waals surface area contributed by atoms with Crippen LogP contribution in [0.5, 0.6) is 5.75 Å². The molecule has 0 saturated carbocycles. The van der Waals surface area contributed by atoms with E-state index in [9.17, 15) is 78.0 Å². The van der Waals surface area contributed by atoms with Gasteiger partial charge in [-0.1, -0.05) is 70.2 Å². The number of likely N-dealkylation sites (tertiary alicyclic amines) is 1. The van der Waals surface area contributed by atoms with Crippen molar-refractivity contribution in [1.29, 1.82) is 0 Å².